The summed E-state index contributed by atoms with van der Waals surface area (Å²) >= 11 is 7.52. The fourth-order valence-corrected chi connectivity index (χ4v) is 2.70. The van der Waals surface area contributed by atoms with E-state index >= 15 is 0 Å². The smallest absolute Gasteiger partial charge is 0.131 e. The van der Waals surface area contributed by atoms with Crippen molar-refractivity contribution in [3.63, 3.8) is 0 Å². The third kappa shape index (κ3) is 4.08. The third-order valence-corrected chi connectivity index (χ3v) is 4.02. The van der Waals surface area contributed by atoms with E-state index in [1.165, 1.54) is 4.88 Å². The Balaban J connectivity index is 2.02. The summed E-state index contributed by atoms with van der Waals surface area (Å²) in [5.41, 5.74) is 0. The fourth-order valence-electron chi connectivity index (χ4n) is 1.64. The third-order valence-electron chi connectivity index (χ3n) is 2.61. The monoisotopic (exact) mass is 296 g/mol. The van der Waals surface area contributed by atoms with E-state index in [1.807, 2.05) is 18.2 Å². The average Bonchev–Trinajstić information content (AvgIpc) is 2.83. The van der Waals surface area contributed by atoms with E-state index in [1.54, 1.807) is 17.7 Å². The first kappa shape index (κ1) is 14.1. The number of aromatic nitrogens is 2. The van der Waals surface area contributed by atoms with Gasteiger partial charge in [-0.25, -0.2) is 9.97 Å². The maximum Gasteiger partial charge on any atom is 0.131 e. The molecule has 2 aromatic rings. The Morgan fingerprint density at radius 3 is 2.79 bits per heavy atom. The zero-order chi connectivity index (χ0) is 13.7. The van der Waals surface area contributed by atoms with Crippen LogP contribution < -0.4 is 10.6 Å². The largest absolute Gasteiger partial charge is 0.370 e. The number of thiophene rings is 1. The van der Waals surface area contributed by atoms with Gasteiger partial charge in [-0.2, -0.15) is 0 Å². The van der Waals surface area contributed by atoms with Crippen LogP contribution in [-0.4, -0.2) is 16.5 Å². The van der Waals surface area contributed by atoms with Gasteiger partial charge in [0, 0.05) is 17.5 Å². The van der Waals surface area contributed by atoms with E-state index in [0.717, 1.165) is 28.9 Å². The van der Waals surface area contributed by atoms with Gasteiger partial charge in [0.2, 0.25) is 0 Å². The number of halogens is 1. The van der Waals surface area contributed by atoms with Crippen LogP contribution in [0.3, 0.4) is 0 Å². The van der Waals surface area contributed by atoms with E-state index < -0.39 is 0 Å². The molecule has 0 spiro atoms. The van der Waals surface area contributed by atoms with Crippen molar-refractivity contribution < 1.29 is 0 Å². The van der Waals surface area contributed by atoms with Gasteiger partial charge in [0.05, 0.1) is 10.4 Å². The second kappa shape index (κ2) is 6.73. The van der Waals surface area contributed by atoms with Crippen molar-refractivity contribution >= 4 is 34.6 Å². The van der Waals surface area contributed by atoms with Crippen LogP contribution in [0.2, 0.25) is 4.34 Å². The number of anilines is 2. The van der Waals surface area contributed by atoms with E-state index in [9.17, 15) is 0 Å². The number of nitrogens with zero attached hydrogens (tertiary/aromatic N) is 2. The summed E-state index contributed by atoms with van der Waals surface area (Å²) in [5.74, 6) is 1.65. The van der Waals surface area contributed by atoms with E-state index in [2.05, 4.69) is 34.4 Å². The molecule has 2 N–H and O–H groups in total. The first-order chi connectivity index (χ1) is 9.19. The maximum absolute atomic E-state index is 5.95. The molecule has 2 aromatic heterocycles. The highest BCUT2D eigenvalue weighted by atomic mass is 35.5. The molecule has 1 atom stereocenters. The highest BCUT2D eigenvalue weighted by Crippen LogP contribution is 2.28. The van der Waals surface area contributed by atoms with Crippen molar-refractivity contribution in [2.75, 3.05) is 17.2 Å². The zero-order valence-corrected chi connectivity index (χ0v) is 12.6. The van der Waals surface area contributed by atoms with Crippen molar-refractivity contribution in [2.45, 2.75) is 26.3 Å². The molecule has 0 bridgehead atoms. The van der Waals surface area contributed by atoms with Crippen molar-refractivity contribution in [3.05, 3.63) is 33.7 Å². The second-order valence-corrected chi connectivity index (χ2v) is 5.97. The first-order valence-electron chi connectivity index (χ1n) is 6.26. The van der Waals surface area contributed by atoms with Gasteiger partial charge in [0.15, 0.2) is 0 Å². The predicted molar refractivity (Wildman–Crippen MR) is 82.2 cm³/mol. The van der Waals surface area contributed by atoms with E-state index in [4.69, 9.17) is 11.6 Å². The number of hydrogen-bond donors (Lipinski definition) is 2. The number of hydrogen-bond acceptors (Lipinski definition) is 5. The van der Waals surface area contributed by atoms with Gasteiger partial charge < -0.3 is 10.6 Å². The van der Waals surface area contributed by atoms with Crippen LogP contribution in [0.25, 0.3) is 0 Å². The molecule has 0 aliphatic carbocycles. The van der Waals surface area contributed by atoms with Gasteiger partial charge in [-0.05, 0) is 25.5 Å². The minimum atomic E-state index is 0.173. The summed E-state index contributed by atoms with van der Waals surface area (Å²) in [7, 11) is 0. The molecule has 0 radical (unpaired) electrons. The molecule has 4 nitrogen and oxygen atoms in total. The summed E-state index contributed by atoms with van der Waals surface area (Å²) in [4.78, 5) is 9.60. The Bertz CT molecular complexity index is 529. The molecule has 0 aromatic carbocycles. The van der Waals surface area contributed by atoms with Crippen LogP contribution in [0.5, 0.6) is 0 Å². The normalized spacial score (nSPS) is 12.2. The van der Waals surface area contributed by atoms with E-state index in [0.29, 0.717) is 0 Å². The molecule has 2 rings (SSSR count). The molecule has 0 aliphatic heterocycles. The lowest BCUT2D eigenvalue weighted by Crippen LogP contribution is -2.08. The molecule has 0 aliphatic rings. The molecular weight excluding hydrogens is 280 g/mol. The van der Waals surface area contributed by atoms with Crippen LogP contribution >= 0.6 is 22.9 Å². The maximum atomic E-state index is 5.95. The van der Waals surface area contributed by atoms with E-state index in [-0.39, 0.29) is 6.04 Å². The SMILES string of the molecule is CCCNc1cc(NC(C)c2ccc(Cl)s2)ncn1. The predicted octanol–water partition coefficient (Wildman–Crippen LogP) is 4.19. The molecule has 0 amide bonds. The lowest BCUT2D eigenvalue weighted by atomic mass is 10.3. The van der Waals surface area contributed by atoms with Crippen molar-refractivity contribution in [3.8, 4) is 0 Å². The minimum Gasteiger partial charge on any atom is -0.370 e. The molecule has 102 valence electrons. The summed E-state index contributed by atoms with van der Waals surface area (Å²) in [6, 6.07) is 6.03. The molecule has 6 heteroatoms. The Kier molecular flexibility index (Phi) is 4.99. The van der Waals surface area contributed by atoms with Crippen LogP contribution in [0.15, 0.2) is 24.5 Å². The molecule has 1 unspecified atom stereocenters. The molecule has 0 saturated heterocycles. The second-order valence-electron chi connectivity index (χ2n) is 4.22. The Morgan fingerprint density at radius 2 is 2.11 bits per heavy atom. The first-order valence-corrected chi connectivity index (χ1v) is 7.46. The number of nitrogens with one attached hydrogen (secondary N) is 2. The molecular formula is C13H17ClN4S. The van der Waals surface area contributed by atoms with Crippen LogP contribution in [-0.2, 0) is 0 Å². The lowest BCUT2D eigenvalue weighted by molar-refractivity contribution is 0.891. The van der Waals surface area contributed by atoms with Gasteiger partial charge in [-0.3, -0.25) is 0 Å². The van der Waals surface area contributed by atoms with Gasteiger partial charge in [-0.1, -0.05) is 18.5 Å². The Morgan fingerprint density at radius 1 is 1.32 bits per heavy atom. The van der Waals surface area contributed by atoms with Gasteiger partial charge in [0.25, 0.3) is 0 Å². The summed E-state index contributed by atoms with van der Waals surface area (Å²) in [6.45, 7) is 5.12. The van der Waals surface area contributed by atoms with Gasteiger partial charge in [-0.15, -0.1) is 11.3 Å². The summed E-state index contributed by atoms with van der Waals surface area (Å²) in [5, 5.41) is 6.59. The standard InChI is InChI=1S/C13H17ClN4S/c1-3-6-15-12-7-13(17-8-16-12)18-9(2)10-4-5-11(14)19-10/h4-5,7-9H,3,6H2,1-2H3,(H2,15,16,17,18). The molecule has 0 saturated carbocycles. The zero-order valence-electron chi connectivity index (χ0n) is 11.0. The Hall–Kier alpha value is -1.33. The van der Waals surface area contributed by atoms with Gasteiger partial charge >= 0.3 is 0 Å². The van der Waals surface area contributed by atoms with Crippen LogP contribution in [0, 0.1) is 0 Å². The van der Waals surface area contributed by atoms with Gasteiger partial charge in [0.1, 0.15) is 18.0 Å². The highest BCUT2D eigenvalue weighted by Gasteiger charge is 2.09. The quantitative estimate of drug-likeness (QED) is 0.839. The molecule has 19 heavy (non-hydrogen) atoms. The highest BCUT2D eigenvalue weighted by molar-refractivity contribution is 7.16. The minimum absolute atomic E-state index is 0.173. The van der Waals surface area contributed by atoms with Crippen molar-refractivity contribution in [1.29, 1.82) is 0 Å². The summed E-state index contributed by atoms with van der Waals surface area (Å²) < 4.78 is 0.802. The Labute approximate surface area is 122 Å². The molecule has 2 heterocycles. The average molecular weight is 297 g/mol. The summed E-state index contributed by atoms with van der Waals surface area (Å²) in [6.07, 6.45) is 2.63. The molecule has 0 fully saturated rings. The topological polar surface area (TPSA) is 49.8 Å². The number of rotatable bonds is 6. The fraction of sp³-hybridized carbons (Fsp3) is 0.385. The lowest BCUT2D eigenvalue weighted by Gasteiger charge is -2.13. The van der Waals surface area contributed by atoms with Crippen molar-refractivity contribution in [1.82, 2.24) is 9.97 Å². The van der Waals surface area contributed by atoms with Crippen molar-refractivity contribution in [2.24, 2.45) is 0 Å². The van der Waals surface area contributed by atoms with Crippen LogP contribution in [0.4, 0.5) is 11.6 Å². The van der Waals surface area contributed by atoms with Crippen LogP contribution in [0.1, 0.15) is 31.2 Å².